The second-order valence-electron chi connectivity index (χ2n) is 4.50. The number of benzene rings is 2. The summed E-state index contributed by atoms with van der Waals surface area (Å²) < 4.78 is 11.2. The van der Waals surface area contributed by atoms with Crippen LogP contribution in [0.5, 0.6) is 11.5 Å². The van der Waals surface area contributed by atoms with Gasteiger partial charge in [0.2, 0.25) is 0 Å². The van der Waals surface area contributed by atoms with Crippen molar-refractivity contribution in [2.45, 2.75) is 13.2 Å². The van der Waals surface area contributed by atoms with E-state index in [4.69, 9.17) is 32.7 Å². The molecule has 0 spiro atoms. The van der Waals surface area contributed by atoms with Crippen LogP contribution >= 0.6 is 23.2 Å². The van der Waals surface area contributed by atoms with Crippen LogP contribution in [0.3, 0.4) is 0 Å². The summed E-state index contributed by atoms with van der Waals surface area (Å²) in [5, 5.41) is 4.28. The first kappa shape index (κ1) is 16.0. The summed E-state index contributed by atoms with van der Waals surface area (Å²) in [6.07, 6.45) is 0. The molecule has 0 radical (unpaired) electrons. The van der Waals surface area contributed by atoms with Crippen molar-refractivity contribution in [1.82, 2.24) is 5.32 Å². The third-order valence-corrected chi connectivity index (χ3v) is 3.75. The quantitative estimate of drug-likeness (QED) is 0.858. The van der Waals surface area contributed by atoms with Crippen molar-refractivity contribution < 1.29 is 9.47 Å². The normalized spacial score (nSPS) is 10.5. The molecule has 0 fully saturated rings. The highest BCUT2D eigenvalue weighted by Gasteiger charge is 2.09. The molecule has 1 N–H and O–H groups in total. The molecule has 112 valence electrons. The standard InChI is InChI=1S/C16H17Cl2NO2/c1-19-9-11-6-7-15(16(8-11)20-2)21-10-12-13(17)4-3-5-14(12)18/h3-8,19H,9-10H2,1-2H3. The monoisotopic (exact) mass is 325 g/mol. The first-order chi connectivity index (χ1) is 10.2. The Morgan fingerprint density at radius 2 is 1.76 bits per heavy atom. The SMILES string of the molecule is CNCc1ccc(OCc2c(Cl)cccc2Cl)c(OC)c1. The molecule has 0 unspecified atom stereocenters. The summed E-state index contributed by atoms with van der Waals surface area (Å²) in [6.45, 7) is 1.06. The minimum atomic E-state index is 0.292. The molecule has 0 aromatic heterocycles. The Balaban J connectivity index is 2.16. The van der Waals surface area contributed by atoms with Crippen molar-refractivity contribution in [2.75, 3.05) is 14.2 Å². The van der Waals surface area contributed by atoms with E-state index in [2.05, 4.69) is 5.32 Å². The number of ether oxygens (including phenoxy) is 2. The molecule has 3 nitrogen and oxygen atoms in total. The average molecular weight is 326 g/mol. The lowest BCUT2D eigenvalue weighted by atomic mass is 10.2. The Morgan fingerprint density at radius 1 is 1.05 bits per heavy atom. The fourth-order valence-corrected chi connectivity index (χ4v) is 2.47. The van der Waals surface area contributed by atoms with Crippen molar-refractivity contribution in [3.05, 3.63) is 57.6 Å². The van der Waals surface area contributed by atoms with E-state index in [9.17, 15) is 0 Å². The Bertz CT molecular complexity index is 597. The molecule has 21 heavy (non-hydrogen) atoms. The lowest BCUT2D eigenvalue weighted by molar-refractivity contribution is 0.284. The van der Waals surface area contributed by atoms with Gasteiger partial charge in [0.15, 0.2) is 11.5 Å². The fraction of sp³-hybridized carbons (Fsp3) is 0.250. The number of methoxy groups -OCH3 is 1. The van der Waals surface area contributed by atoms with E-state index in [0.717, 1.165) is 17.7 Å². The van der Waals surface area contributed by atoms with Crippen LogP contribution in [-0.2, 0) is 13.2 Å². The fourth-order valence-electron chi connectivity index (χ4n) is 1.97. The Morgan fingerprint density at radius 3 is 2.38 bits per heavy atom. The lowest BCUT2D eigenvalue weighted by Gasteiger charge is -2.13. The van der Waals surface area contributed by atoms with Gasteiger partial charge < -0.3 is 14.8 Å². The van der Waals surface area contributed by atoms with Gasteiger partial charge in [-0.05, 0) is 36.9 Å². The van der Waals surface area contributed by atoms with E-state index >= 15 is 0 Å². The van der Waals surface area contributed by atoms with Crippen LogP contribution in [0.15, 0.2) is 36.4 Å². The highest BCUT2D eigenvalue weighted by Crippen LogP contribution is 2.31. The van der Waals surface area contributed by atoms with Crippen LogP contribution in [0.1, 0.15) is 11.1 Å². The van der Waals surface area contributed by atoms with E-state index in [1.165, 1.54) is 0 Å². The van der Waals surface area contributed by atoms with Crippen molar-refractivity contribution in [3.63, 3.8) is 0 Å². The Hall–Kier alpha value is -1.42. The van der Waals surface area contributed by atoms with Gasteiger partial charge in [-0.1, -0.05) is 35.3 Å². The molecule has 0 aliphatic heterocycles. The maximum atomic E-state index is 6.13. The summed E-state index contributed by atoms with van der Waals surface area (Å²) in [7, 11) is 3.52. The average Bonchev–Trinajstić information content (AvgIpc) is 2.48. The molecule has 0 aliphatic carbocycles. The van der Waals surface area contributed by atoms with Crippen LogP contribution in [0, 0.1) is 0 Å². The zero-order valence-electron chi connectivity index (χ0n) is 12.0. The van der Waals surface area contributed by atoms with Gasteiger partial charge in [0, 0.05) is 22.2 Å². The highest BCUT2D eigenvalue weighted by molar-refractivity contribution is 6.35. The number of nitrogens with one attached hydrogen (secondary N) is 1. The first-order valence-electron chi connectivity index (χ1n) is 6.53. The van der Waals surface area contributed by atoms with Gasteiger partial charge in [0.1, 0.15) is 6.61 Å². The van der Waals surface area contributed by atoms with Crippen LogP contribution in [-0.4, -0.2) is 14.2 Å². The second kappa shape index (κ2) is 7.55. The largest absolute Gasteiger partial charge is 0.493 e. The molecule has 0 bridgehead atoms. The van der Waals surface area contributed by atoms with Crippen LogP contribution < -0.4 is 14.8 Å². The van der Waals surface area contributed by atoms with E-state index in [1.54, 1.807) is 25.3 Å². The van der Waals surface area contributed by atoms with Gasteiger partial charge in [-0.25, -0.2) is 0 Å². The predicted molar refractivity (Wildman–Crippen MR) is 86.6 cm³/mol. The maximum Gasteiger partial charge on any atom is 0.161 e. The van der Waals surface area contributed by atoms with Gasteiger partial charge in [-0.2, -0.15) is 0 Å². The molecule has 0 aliphatic rings. The number of hydrogen-bond acceptors (Lipinski definition) is 3. The summed E-state index contributed by atoms with van der Waals surface area (Å²) in [4.78, 5) is 0. The molecule has 2 aromatic carbocycles. The van der Waals surface area contributed by atoms with E-state index in [1.807, 2.05) is 25.2 Å². The molecule has 5 heteroatoms. The Labute approximate surface area is 134 Å². The summed E-state index contributed by atoms with van der Waals surface area (Å²) >= 11 is 12.3. The summed E-state index contributed by atoms with van der Waals surface area (Å²) in [6, 6.07) is 11.2. The molecule has 0 atom stereocenters. The van der Waals surface area contributed by atoms with Gasteiger partial charge in [-0.3, -0.25) is 0 Å². The molecule has 0 saturated heterocycles. The van der Waals surface area contributed by atoms with Gasteiger partial charge in [0.05, 0.1) is 7.11 Å². The molecular weight excluding hydrogens is 309 g/mol. The number of halogens is 2. The summed E-state index contributed by atoms with van der Waals surface area (Å²) in [5.41, 5.74) is 1.89. The molecule has 0 saturated carbocycles. The van der Waals surface area contributed by atoms with E-state index in [0.29, 0.717) is 28.2 Å². The summed E-state index contributed by atoms with van der Waals surface area (Å²) in [5.74, 6) is 1.35. The van der Waals surface area contributed by atoms with Crippen LogP contribution in [0.4, 0.5) is 0 Å². The smallest absolute Gasteiger partial charge is 0.161 e. The van der Waals surface area contributed by atoms with Gasteiger partial charge in [0.25, 0.3) is 0 Å². The zero-order chi connectivity index (χ0) is 15.2. The molecular formula is C16H17Cl2NO2. The van der Waals surface area contributed by atoms with E-state index < -0.39 is 0 Å². The van der Waals surface area contributed by atoms with Gasteiger partial charge >= 0.3 is 0 Å². The predicted octanol–water partition coefficient (Wildman–Crippen LogP) is 4.30. The molecule has 2 rings (SSSR count). The minimum Gasteiger partial charge on any atom is -0.493 e. The first-order valence-corrected chi connectivity index (χ1v) is 7.28. The number of hydrogen-bond donors (Lipinski definition) is 1. The van der Waals surface area contributed by atoms with Crippen molar-refractivity contribution >= 4 is 23.2 Å². The second-order valence-corrected chi connectivity index (χ2v) is 5.32. The molecule has 2 aromatic rings. The van der Waals surface area contributed by atoms with E-state index in [-0.39, 0.29) is 0 Å². The van der Waals surface area contributed by atoms with Crippen molar-refractivity contribution in [1.29, 1.82) is 0 Å². The molecule has 0 amide bonds. The minimum absolute atomic E-state index is 0.292. The van der Waals surface area contributed by atoms with Crippen molar-refractivity contribution in [2.24, 2.45) is 0 Å². The van der Waals surface area contributed by atoms with Gasteiger partial charge in [-0.15, -0.1) is 0 Å². The number of rotatable bonds is 6. The topological polar surface area (TPSA) is 30.5 Å². The highest BCUT2D eigenvalue weighted by atomic mass is 35.5. The van der Waals surface area contributed by atoms with Crippen LogP contribution in [0.2, 0.25) is 10.0 Å². The maximum absolute atomic E-state index is 6.13. The third kappa shape index (κ3) is 4.03. The zero-order valence-corrected chi connectivity index (χ0v) is 13.5. The van der Waals surface area contributed by atoms with Crippen LogP contribution in [0.25, 0.3) is 0 Å². The third-order valence-electron chi connectivity index (χ3n) is 3.04. The molecule has 0 heterocycles. The lowest BCUT2D eigenvalue weighted by Crippen LogP contribution is -2.05. The van der Waals surface area contributed by atoms with Crippen molar-refractivity contribution in [3.8, 4) is 11.5 Å². The Kier molecular flexibility index (Phi) is 5.74.